The summed E-state index contributed by atoms with van der Waals surface area (Å²) in [5.41, 5.74) is 1.96. The summed E-state index contributed by atoms with van der Waals surface area (Å²) in [4.78, 5) is 4.40. The van der Waals surface area contributed by atoms with Gasteiger partial charge in [0.2, 0.25) is 0 Å². The van der Waals surface area contributed by atoms with Gasteiger partial charge in [0.15, 0.2) is 0 Å². The van der Waals surface area contributed by atoms with Gasteiger partial charge in [0.1, 0.15) is 0 Å². The molecule has 3 rings (SSSR count). The number of imidazole rings is 1. The molecule has 1 aliphatic heterocycles. The first-order valence-electron chi connectivity index (χ1n) is 7.41. The molecule has 0 radical (unpaired) electrons. The lowest BCUT2D eigenvalue weighted by molar-refractivity contribution is 0.190. The maximum absolute atomic E-state index is 4.40. The molecule has 18 heavy (non-hydrogen) atoms. The molecule has 1 saturated heterocycles. The predicted octanol–water partition coefficient (Wildman–Crippen LogP) is 3.45. The Morgan fingerprint density at radius 1 is 1.28 bits per heavy atom. The highest BCUT2D eigenvalue weighted by atomic mass is 15.1. The molecule has 1 aliphatic carbocycles. The molecule has 3 nitrogen and oxygen atoms in total. The summed E-state index contributed by atoms with van der Waals surface area (Å²) >= 11 is 0. The molecular weight excluding hydrogens is 222 g/mol. The van der Waals surface area contributed by atoms with Crippen LogP contribution in [0.5, 0.6) is 0 Å². The minimum Gasteiger partial charge on any atom is -0.330 e. The average Bonchev–Trinajstić information content (AvgIpc) is 2.99. The van der Waals surface area contributed by atoms with Gasteiger partial charge in [-0.1, -0.05) is 13.8 Å². The third-order valence-electron chi connectivity index (χ3n) is 4.82. The molecule has 1 aromatic heterocycles. The molecule has 3 heteroatoms. The monoisotopic (exact) mass is 247 g/mol. The van der Waals surface area contributed by atoms with Gasteiger partial charge in [0, 0.05) is 18.3 Å². The second kappa shape index (κ2) is 4.69. The Bertz CT molecular complexity index is 392. The van der Waals surface area contributed by atoms with E-state index < -0.39 is 0 Å². The van der Waals surface area contributed by atoms with Crippen molar-refractivity contribution in [3.8, 4) is 0 Å². The molecule has 2 fully saturated rings. The minimum absolute atomic E-state index is 0.544. The van der Waals surface area contributed by atoms with Crippen molar-refractivity contribution >= 4 is 0 Å². The molecule has 0 aromatic carbocycles. The Morgan fingerprint density at radius 3 is 2.72 bits per heavy atom. The van der Waals surface area contributed by atoms with Crippen LogP contribution in [0.1, 0.15) is 70.2 Å². The van der Waals surface area contributed by atoms with Gasteiger partial charge < -0.3 is 9.88 Å². The standard InChI is InChI=1S/C15H25N3/c1-15(2)7-5-12(6-8-15)18-11-16-10-14(18)13-4-3-9-17-13/h10-13,17H,3-9H2,1-2H3. The van der Waals surface area contributed by atoms with Crippen molar-refractivity contribution in [1.82, 2.24) is 14.9 Å². The summed E-state index contributed by atoms with van der Waals surface area (Å²) in [6.45, 7) is 5.96. The van der Waals surface area contributed by atoms with E-state index in [-0.39, 0.29) is 0 Å². The van der Waals surface area contributed by atoms with Crippen molar-refractivity contribution in [2.24, 2.45) is 5.41 Å². The van der Waals surface area contributed by atoms with E-state index in [0.717, 1.165) is 6.54 Å². The van der Waals surface area contributed by atoms with Crippen LogP contribution >= 0.6 is 0 Å². The van der Waals surface area contributed by atoms with Crippen LogP contribution in [-0.2, 0) is 0 Å². The van der Waals surface area contributed by atoms with Crippen LogP contribution in [0.15, 0.2) is 12.5 Å². The van der Waals surface area contributed by atoms with Crippen molar-refractivity contribution < 1.29 is 0 Å². The molecule has 1 aromatic rings. The van der Waals surface area contributed by atoms with E-state index in [1.54, 1.807) is 0 Å². The Hall–Kier alpha value is -0.830. The highest BCUT2D eigenvalue weighted by molar-refractivity contribution is 5.09. The van der Waals surface area contributed by atoms with E-state index in [1.165, 1.54) is 44.2 Å². The summed E-state index contributed by atoms with van der Waals surface area (Å²) in [6, 6.07) is 1.22. The number of rotatable bonds is 2. The van der Waals surface area contributed by atoms with E-state index in [9.17, 15) is 0 Å². The molecule has 100 valence electrons. The number of nitrogens with zero attached hydrogens (tertiary/aromatic N) is 2. The fourth-order valence-electron chi connectivity index (χ4n) is 3.49. The average molecular weight is 247 g/mol. The Kier molecular flexibility index (Phi) is 3.18. The van der Waals surface area contributed by atoms with Gasteiger partial charge in [-0.05, 0) is 50.5 Å². The van der Waals surface area contributed by atoms with Crippen LogP contribution in [0.3, 0.4) is 0 Å². The highest BCUT2D eigenvalue weighted by Gasteiger charge is 2.30. The molecule has 1 unspecified atom stereocenters. The number of hydrogen-bond donors (Lipinski definition) is 1. The van der Waals surface area contributed by atoms with Crippen molar-refractivity contribution in [2.45, 2.75) is 64.5 Å². The molecular formula is C15H25N3. The smallest absolute Gasteiger partial charge is 0.0951 e. The van der Waals surface area contributed by atoms with Crippen molar-refractivity contribution in [3.63, 3.8) is 0 Å². The quantitative estimate of drug-likeness (QED) is 0.867. The molecule has 0 amide bonds. The first-order chi connectivity index (χ1) is 8.66. The van der Waals surface area contributed by atoms with Crippen LogP contribution in [0, 0.1) is 5.41 Å². The number of nitrogens with one attached hydrogen (secondary N) is 1. The zero-order chi connectivity index (χ0) is 12.6. The van der Waals surface area contributed by atoms with Gasteiger partial charge in [0.05, 0.1) is 12.0 Å². The molecule has 1 atom stereocenters. The Morgan fingerprint density at radius 2 is 2.06 bits per heavy atom. The van der Waals surface area contributed by atoms with Gasteiger partial charge in [-0.25, -0.2) is 4.98 Å². The largest absolute Gasteiger partial charge is 0.330 e. The number of aromatic nitrogens is 2. The maximum Gasteiger partial charge on any atom is 0.0951 e. The molecule has 1 saturated carbocycles. The van der Waals surface area contributed by atoms with E-state index in [0.29, 0.717) is 17.5 Å². The zero-order valence-electron chi connectivity index (χ0n) is 11.7. The predicted molar refractivity (Wildman–Crippen MR) is 73.5 cm³/mol. The van der Waals surface area contributed by atoms with Crippen LogP contribution < -0.4 is 5.32 Å². The highest BCUT2D eigenvalue weighted by Crippen LogP contribution is 2.41. The third-order valence-corrected chi connectivity index (χ3v) is 4.82. The summed E-state index contributed by atoms with van der Waals surface area (Å²) in [5.74, 6) is 0. The SMILES string of the molecule is CC1(C)CCC(n2cncc2C2CCCN2)CC1. The van der Waals surface area contributed by atoms with E-state index in [2.05, 4.69) is 41.2 Å². The maximum atomic E-state index is 4.40. The van der Waals surface area contributed by atoms with Crippen molar-refractivity contribution in [1.29, 1.82) is 0 Å². The Balaban J connectivity index is 1.75. The Labute approximate surface area is 110 Å². The van der Waals surface area contributed by atoms with Crippen LogP contribution in [0.4, 0.5) is 0 Å². The molecule has 2 aliphatic rings. The molecule has 1 N–H and O–H groups in total. The van der Waals surface area contributed by atoms with Gasteiger partial charge in [-0.2, -0.15) is 0 Å². The minimum atomic E-state index is 0.544. The molecule has 0 bridgehead atoms. The summed E-state index contributed by atoms with van der Waals surface area (Å²) < 4.78 is 2.46. The summed E-state index contributed by atoms with van der Waals surface area (Å²) in [7, 11) is 0. The van der Waals surface area contributed by atoms with Crippen LogP contribution in [0.25, 0.3) is 0 Å². The topological polar surface area (TPSA) is 29.9 Å². The lowest BCUT2D eigenvalue weighted by Crippen LogP contribution is -2.25. The number of hydrogen-bond acceptors (Lipinski definition) is 2. The zero-order valence-corrected chi connectivity index (χ0v) is 11.7. The first-order valence-corrected chi connectivity index (χ1v) is 7.41. The molecule has 0 spiro atoms. The fraction of sp³-hybridized carbons (Fsp3) is 0.800. The van der Waals surface area contributed by atoms with Gasteiger partial charge in [-0.3, -0.25) is 0 Å². The third kappa shape index (κ3) is 2.33. The molecule has 2 heterocycles. The van der Waals surface area contributed by atoms with E-state index in [4.69, 9.17) is 0 Å². The van der Waals surface area contributed by atoms with E-state index in [1.807, 2.05) is 0 Å². The van der Waals surface area contributed by atoms with Gasteiger partial charge >= 0.3 is 0 Å². The summed E-state index contributed by atoms with van der Waals surface area (Å²) in [5, 5.41) is 3.59. The summed E-state index contributed by atoms with van der Waals surface area (Å²) in [6.07, 6.45) is 12.0. The second-order valence-electron chi connectivity index (χ2n) is 6.77. The lowest BCUT2D eigenvalue weighted by atomic mass is 9.75. The van der Waals surface area contributed by atoms with Crippen molar-refractivity contribution in [3.05, 3.63) is 18.2 Å². The van der Waals surface area contributed by atoms with Gasteiger partial charge in [-0.15, -0.1) is 0 Å². The van der Waals surface area contributed by atoms with Crippen molar-refractivity contribution in [2.75, 3.05) is 6.54 Å². The van der Waals surface area contributed by atoms with Crippen LogP contribution in [-0.4, -0.2) is 16.1 Å². The van der Waals surface area contributed by atoms with Gasteiger partial charge in [0.25, 0.3) is 0 Å². The first kappa shape index (κ1) is 12.2. The van der Waals surface area contributed by atoms with E-state index >= 15 is 0 Å². The second-order valence-corrected chi connectivity index (χ2v) is 6.77. The normalized spacial score (nSPS) is 28.7. The van der Waals surface area contributed by atoms with Crippen LogP contribution in [0.2, 0.25) is 0 Å². The fourth-order valence-corrected chi connectivity index (χ4v) is 3.49. The lowest BCUT2D eigenvalue weighted by Gasteiger charge is -2.35.